The Morgan fingerprint density at radius 2 is 1.67 bits per heavy atom. The highest BCUT2D eigenvalue weighted by Crippen LogP contribution is 2.41. The molecule has 33 heavy (non-hydrogen) atoms. The second-order valence-electron chi connectivity index (χ2n) is 6.50. The third-order valence-corrected chi connectivity index (χ3v) is 4.92. The van der Waals surface area contributed by atoms with Crippen molar-refractivity contribution in [3.63, 3.8) is 0 Å². The standard InChI is InChI=1S/C22H25Cl2N3O6/c1-6-32-17-11-18(33-7-2)15(10-13(17)23)25-22(29)20(12(3)28)27-26-14-8-9-16(30-4)19(24)21(14)31-5/h8-11,20H,6-7H2,1-5H3,(H,25,29). The molecule has 0 saturated heterocycles. The first-order valence-corrected chi connectivity index (χ1v) is 10.7. The van der Waals surface area contributed by atoms with Crippen molar-refractivity contribution in [2.75, 3.05) is 32.8 Å². The fourth-order valence-electron chi connectivity index (χ4n) is 2.77. The molecule has 0 heterocycles. The summed E-state index contributed by atoms with van der Waals surface area (Å²) in [5, 5.41) is 11.0. The summed E-state index contributed by atoms with van der Waals surface area (Å²) in [6.45, 7) is 5.59. The van der Waals surface area contributed by atoms with Crippen LogP contribution in [0.5, 0.6) is 23.0 Å². The molecule has 0 aromatic heterocycles. The van der Waals surface area contributed by atoms with E-state index in [0.717, 1.165) is 0 Å². The average Bonchev–Trinajstić information content (AvgIpc) is 2.77. The van der Waals surface area contributed by atoms with Gasteiger partial charge in [-0.25, -0.2) is 0 Å². The Morgan fingerprint density at radius 3 is 2.24 bits per heavy atom. The molecule has 1 N–H and O–H groups in total. The van der Waals surface area contributed by atoms with Crippen LogP contribution in [0.25, 0.3) is 0 Å². The van der Waals surface area contributed by atoms with Crippen LogP contribution in [0, 0.1) is 0 Å². The molecule has 0 saturated carbocycles. The lowest BCUT2D eigenvalue weighted by Crippen LogP contribution is -2.32. The molecule has 0 bridgehead atoms. The maximum atomic E-state index is 12.9. The van der Waals surface area contributed by atoms with Gasteiger partial charge >= 0.3 is 0 Å². The Kier molecular flexibility index (Phi) is 9.74. The number of anilines is 1. The molecule has 11 heteroatoms. The van der Waals surface area contributed by atoms with Crippen molar-refractivity contribution in [1.29, 1.82) is 0 Å². The summed E-state index contributed by atoms with van der Waals surface area (Å²) in [4.78, 5) is 25.0. The highest BCUT2D eigenvalue weighted by molar-refractivity contribution is 6.34. The first-order valence-electron chi connectivity index (χ1n) is 9.99. The summed E-state index contributed by atoms with van der Waals surface area (Å²) in [7, 11) is 2.86. The molecular formula is C22H25Cl2N3O6. The maximum Gasteiger partial charge on any atom is 0.258 e. The number of carbonyl (C=O) groups excluding carboxylic acids is 2. The van der Waals surface area contributed by atoms with Crippen LogP contribution in [0.1, 0.15) is 20.8 Å². The number of nitrogens with one attached hydrogen (secondary N) is 1. The van der Waals surface area contributed by atoms with Gasteiger partial charge in [0.05, 0.1) is 38.1 Å². The van der Waals surface area contributed by atoms with E-state index in [4.69, 9.17) is 42.1 Å². The van der Waals surface area contributed by atoms with Crippen molar-refractivity contribution < 1.29 is 28.5 Å². The summed E-state index contributed by atoms with van der Waals surface area (Å²) in [5.41, 5.74) is 0.489. The first kappa shape index (κ1) is 26.2. The average molecular weight is 498 g/mol. The number of carbonyl (C=O) groups is 2. The van der Waals surface area contributed by atoms with E-state index in [1.807, 2.05) is 6.92 Å². The Morgan fingerprint density at radius 1 is 1.00 bits per heavy atom. The molecule has 0 aliphatic carbocycles. The van der Waals surface area contributed by atoms with E-state index in [2.05, 4.69) is 15.5 Å². The molecule has 178 valence electrons. The van der Waals surface area contributed by atoms with Crippen molar-refractivity contribution >= 4 is 46.3 Å². The number of benzene rings is 2. The number of rotatable bonds is 11. The number of Topliss-reactive ketones (excluding diaryl/α,β-unsaturated/α-hetero) is 1. The van der Waals surface area contributed by atoms with Crippen LogP contribution in [-0.2, 0) is 9.59 Å². The number of halogens is 2. The number of methoxy groups -OCH3 is 2. The Labute approximate surface area is 202 Å². The van der Waals surface area contributed by atoms with Gasteiger partial charge in [-0.05, 0) is 39.0 Å². The van der Waals surface area contributed by atoms with Gasteiger partial charge in [0, 0.05) is 6.07 Å². The van der Waals surface area contributed by atoms with Crippen molar-refractivity contribution in [3.05, 3.63) is 34.3 Å². The topological polar surface area (TPSA) is 108 Å². The normalized spacial score (nSPS) is 11.7. The van der Waals surface area contributed by atoms with E-state index in [9.17, 15) is 9.59 Å². The minimum absolute atomic E-state index is 0.186. The van der Waals surface area contributed by atoms with Gasteiger partial charge in [-0.3, -0.25) is 9.59 Å². The van der Waals surface area contributed by atoms with Gasteiger partial charge < -0.3 is 24.3 Å². The van der Waals surface area contributed by atoms with Gasteiger partial charge in [-0.15, -0.1) is 0 Å². The van der Waals surface area contributed by atoms with E-state index in [0.29, 0.717) is 30.5 Å². The zero-order valence-corrected chi connectivity index (χ0v) is 20.4. The summed E-state index contributed by atoms with van der Waals surface area (Å²) in [5.74, 6) is 0.0767. The number of amides is 1. The van der Waals surface area contributed by atoms with Crippen LogP contribution in [0.4, 0.5) is 11.4 Å². The van der Waals surface area contributed by atoms with Crippen molar-refractivity contribution in [2.24, 2.45) is 10.2 Å². The molecule has 2 aromatic carbocycles. The van der Waals surface area contributed by atoms with Gasteiger partial charge in [0.25, 0.3) is 5.91 Å². The maximum absolute atomic E-state index is 12.9. The van der Waals surface area contributed by atoms with E-state index in [1.54, 1.807) is 25.1 Å². The molecule has 9 nitrogen and oxygen atoms in total. The predicted molar refractivity (Wildman–Crippen MR) is 126 cm³/mol. The fraction of sp³-hybridized carbons (Fsp3) is 0.364. The van der Waals surface area contributed by atoms with Crippen molar-refractivity contribution in [1.82, 2.24) is 0 Å². The summed E-state index contributed by atoms with van der Waals surface area (Å²) in [6.07, 6.45) is 0. The smallest absolute Gasteiger partial charge is 0.258 e. The molecule has 0 spiro atoms. The minimum atomic E-state index is -1.43. The molecule has 0 aliphatic heterocycles. The second kappa shape index (κ2) is 12.3. The summed E-state index contributed by atoms with van der Waals surface area (Å²) < 4.78 is 21.4. The predicted octanol–water partition coefficient (Wildman–Crippen LogP) is 5.49. The highest BCUT2D eigenvalue weighted by Gasteiger charge is 2.25. The van der Waals surface area contributed by atoms with Crippen LogP contribution in [0.3, 0.4) is 0 Å². The van der Waals surface area contributed by atoms with Crippen molar-refractivity contribution in [2.45, 2.75) is 26.8 Å². The first-order chi connectivity index (χ1) is 15.8. The van der Waals surface area contributed by atoms with Gasteiger partial charge in [0.15, 0.2) is 11.5 Å². The van der Waals surface area contributed by atoms with Crippen molar-refractivity contribution in [3.8, 4) is 23.0 Å². The molecule has 1 atom stereocenters. The van der Waals surface area contributed by atoms with Crippen LogP contribution >= 0.6 is 23.2 Å². The fourth-order valence-corrected chi connectivity index (χ4v) is 3.30. The van der Waals surface area contributed by atoms with Gasteiger partial charge in [0.1, 0.15) is 28.0 Å². The monoisotopic (exact) mass is 497 g/mol. The second-order valence-corrected chi connectivity index (χ2v) is 7.28. The van der Waals surface area contributed by atoms with Gasteiger partial charge in [-0.1, -0.05) is 23.2 Å². The summed E-state index contributed by atoms with van der Waals surface area (Å²) in [6, 6.07) is 4.73. The van der Waals surface area contributed by atoms with Crippen LogP contribution in [0.15, 0.2) is 34.5 Å². The quantitative estimate of drug-likeness (QED) is 0.324. The number of azo groups is 1. The van der Waals surface area contributed by atoms with Crippen LogP contribution < -0.4 is 24.3 Å². The third kappa shape index (κ3) is 6.49. The third-order valence-electron chi connectivity index (χ3n) is 4.27. The van der Waals surface area contributed by atoms with Crippen LogP contribution in [0.2, 0.25) is 10.0 Å². The minimum Gasteiger partial charge on any atom is -0.495 e. The number of hydrogen-bond acceptors (Lipinski definition) is 8. The SMILES string of the molecule is CCOc1cc(OCC)c(NC(=O)C(N=Nc2ccc(OC)c(Cl)c2OC)C(C)=O)cc1Cl. The number of hydrogen-bond donors (Lipinski definition) is 1. The lowest BCUT2D eigenvalue weighted by Gasteiger charge is -2.16. The largest absolute Gasteiger partial charge is 0.495 e. The molecule has 2 aromatic rings. The van der Waals surface area contributed by atoms with Gasteiger partial charge in [0.2, 0.25) is 6.04 Å². The number of ketones is 1. The Hall–Kier alpha value is -3.04. The number of nitrogens with zero attached hydrogens (tertiary/aromatic N) is 2. The lowest BCUT2D eigenvalue weighted by molar-refractivity contribution is -0.126. The van der Waals surface area contributed by atoms with E-state index < -0.39 is 17.7 Å². The molecule has 0 radical (unpaired) electrons. The van der Waals surface area contributed by atoms with Crippen LogP contribution in [-0.4, -0.2) is 45.2 Å². The van der Waals surface area contributed by atoms with E-state index in [1.165, 1.54) is 27.2 Å². The zero-order chi connectivity index (χ0) is 24.5. The Balaban J connectivity index is 2.35. The molecular weight excluding hydrogens is 473 g/mol. The molecule has 1 unspecified atom stereocenters. The summed E-state index contributed by atoms with van der Waals surface area (Å²) >= 11 is 12.5. The Bertz CT molecular complexity index is 1050. The molecule has 0 fully saturated rings. The molecule has 0 aliphatic rings. The van der Waals surface area contributed by atoms with Gasteiger partial charge in [-0.2, -0.15) is 10.2 Å². The highest BCUT2D eigenvalue weighted by atomic mass is 35.5. The molecule has 1 amide bonds. The van der Waals surface area contributed by atoms with E-state index >= 15 is 0 Å². The molecule has 2 rings (SSSR count). The lowest BCUT2D eigenvalue weighted by atomic mass is 10.2. The van der Waals surface area contributed by atoms with E-state index in [-0.39, 0.29) is 27.2 Å². The number of ether oxygens (including phenoxy) is 4. The zero-order valence-electron chi connectivity index (χ0n) is 18.9.